The van der Waals surface area contributed by atoms with Crippen LogP contribution in [0.5, 0.6) is 0 Å². The minimum absolute atomic E-state index is 0.0472. The molecule has 0 saturated carbocycles. The van der Waals surface area contributed by atoms with Crippen molar-refractivity contribution in [3.05, 3.63) is 66.2 Å². The minimum atomic E-state index is -1.44. The molecule has 2 aromatic carbocycles. The molecule has 0 bridgehead atoms. The van der Waals surface area contributed by atoms with E-state index < -0.39 is 53.7 Å². The van der Waals surface area contributed by atoms with Gasteiger partial charge in [0.25, 0.3) is 0 Å². The third-order valence-corrected chi connectivity index (χ3v) is 6.01. The number of benzene rings is 2. The fraction of sp³-hybridized carbons (Fsp3) is 0.360. The molecule has 0 amide bonds. The van der Waals surface area contributed by atoms with Crippen molar-refractivity contribution in [2.45, 2.75) is 62.1 Å². The van der Waals surface area contributed by atoms with E-state index in [9.17, 15) is 19.2 Å². The largest absolute Gasteiger partial charge is 0.459 e. The lowest BCUT2D eigenvalue weighted by atomic mass is 9.98. The molecule has 0 aliphatic carbocycles. The molecule has 1 heterocycles. The number of hydrogen-bond acceptors (Lipinski definition) is 10. The first kappa shape index (κ1) is 26.2. The number of carbonyl (C=O) groups is 4. The molecule has 1 aliphatic rings. The molecule has 3 rings (SSSR count). The average molecular weight is 503 g/mol. The Kier molecular flexibility index (Phi) is 9.27. The van der Waals surface area contributed by atoms with E-state index in [0.717, 1.165) is 36.1 Å². The summed E-state index contributed by atoms with van der Waals surface area (Å²) < 4.78 is 27.7. The first-order valence-electron chi connectivity index (χ1n) is 10.8. The monoisotopic (exact) mass is 502 g/mol. The Hall–Kier alpha value is -3.37. The molecule has 1 unspecified atom stereocenters. The summed E-state index contributed by atoms with van der Waals surface area (Å²) in [5.41, 5.74) is -0.239. The van der Waals surface area contributed by atoms with Gasteiger partial charge in [-0.05, 0) is 17.7 Å². The highest BCUT2D eigenvalue weighted by Crippen LogP contribution is 2.37. The summed E-state index contributed by atoms with van der Waals surface area (Å²) in [6.45, 7) is 3.45. The molecule has 0 spiro atoms. The van der Waals surface area contributed by atoms with E-state index in [2.05, 4.69) is 0 Å². The van der Waals surface area contributed by atoms with Gasteiger partial charge in [0.1, 0.15) is 12.0 Å². The Balaban J connectivity index is 1.94. The third-order valence-electron chi connectivity index (χ3n) is 4.85. The Morgan fingerprint density at radius 2 is 1.26 bits per heavy atom. The van der Waals surface area contributed by atoms with Crippen molar-refractivity contribution in [1.29, 1.82) is 0 Å². The fourth-order valence-electron chi connectivity index (χ4n) is 3.50. The van der Waals surface area contributed by atoms with Crippen molar-refractivity contribution in [3.63, 3.8) is 0 Å². The molecule has 5 atom stereocenters. The topological polar surface area (TPSA) is 114 Å². The molecule has 0 aromatic heterocycles. The summed E-state index contributed by atoms with van der Waals surface area (Å²) in [6, 6.07) is 18.1. The van der Waals surface area contributed by atoms with Gasteiger partial charge < -0.3 is 23.7 Å². The number of thioether (sulfide) groups is 1. The number of hydrogen-bond donors (Lipinski definition) is 0. The molecule has 0 radical (unpaired) electrons. The van der Waals surface area contributed by atoms with Crippen molar-refractivity contribution < 1.29 is 42.9 Å². The van der Waals surface area contributed by atoms with E-state index in [4.69, 9.17) is 23.7 Å². The second-order valence-corrected chi connectivity index (χ2v) is 8.84. The van der Waals surface area contributed by atoms with Crippen LogP contribution >= 0.6 is 11.8 Å². The predicted octanol–water partition coefficient (Wildman–Crippen LogP) is 3.04. The lowest BCUT2D eigenvalue weighted by molar-refractivity contribution is -0.236. The first-order valence-corrected chi connectivity index (χ1v) is 11.7. The zero-order valence-electron chi connectivity index (χ0n) is 19.4. The molecule has 9 nitrogen and oxygen atoms in total. The van der Waals surface area contributed by atoms with E-state index in [0.29, 0.717) is 0 Å². The van der Waals surface area contributed by atoms with E-state index in [1.807, 2.05) is 24.3 Å². The zero-order chi connectivity index (χ0) is 25.4. The summed E-state index contributed by atoms with van der Waals surface area (Å²) in [4.78, 5) is 49.7. The highest BCUT2D eigenvalue weighted by molar-refractivity contribution is 7.99. The van der Waals surface area contributed by atoms with E-state index in [1.54, 1.807) is 36.4 Å². The summed E-state index contributed by atoms with van der Waals surface area (Å²) in [5.74, 6) is -2.95. The van der Waals surface area contributed by atoms with Gasteiger partial charge in [0.2, 0.25) is 0 Å². The Labute approximate surface area is 207 Å². The van der Waals surface area contributed by atoms with Crippen molar-refractivity contribution in [2.24, 2.45) is 0 Å². The van der Waals surface area contributed by atoms with E-state index in [1.165, 1.54) is 6.92 Å². The molecule has 1 fully saturated rings. The standard InChI is InChI=1S/C25H26O9S/c1-15(26)31-20-21(32-16(2)27)23(33-17(3)28)25(35-19-12-8-5-9-13-19)34-22(20)24(29)30-14-18-10-6-4-7-11-18/h4-13,20-23,25H,14H2,1-3H3/t20-,21-,22?,23+,25-/m0/s1. The van der Waals surface area contributed by atoms with Crippen LogP contribution in [0.25, 0.3) is 0 Å². The van der Waals surface area contributed by atoms with Crippen molar-refractivity contribution in [3.8, 4) is 0 Å². The number of esters is 4. The summed E-state index contributed by atoms with van der Waals surface area (Å²) in [5, 5.41) is 0. The van der Waals surface area contributed by atoms with Gasteiger partial charge >= 0.3 is 23.9 Å². The van der Waals surface area contributed by atoms with Gasteiger partial charge in [-0.15, -0.1) is 0 Å². The number of carbonyl (C=O) groups excluding carboxylic acids is 4. The van der Waals surface area contributed by atoms with Crippen LogP contribution in [-0.4, -0.2) is 53.7 Å². The minimum Gasteiger partial charge on any atom is -0.459 e. The zero-order valence-corrected chi connectivity index (χ0v) is 20.3. The van der Waals surface area contributed by atoms with Gasteiger partial charge in [-0.25, -0.2) is 4.79 Å². The number of ether oxygens (including phenoxy) is 5. The van der Waals surface area contributed by atoms with E-state index >= 15 is 0 Å². The molecule has 0 N–H and O–H groups in total. The van der Waals surface area contributed by atoms with Gasteiger partial charge in [0.15, 0.2) is 24.4 Å². The fourth-order valence-corrected chi connectivity index (χ4v) is 4.60. The van der Waals surface area contributed by atoms with Crippen LogP contribution in [0.1, 0.15) is 26.3 Å². The van der Waals surface area contributed by atoms with Crippen LogP contribution in [0, 0.1) is 0 Å². The second kappa shape index (κ2) is 12.4. The maximum absolute atomic E-state index is 13.1. The average Bonchev–Trinajstić information content (AvgIpc) is 2.81. The first-order chi connectivity index (χ1) is 16.7. The van der Waals surface area contributed by atoms with Crippen LogP contribution < -0.4 is 0 Å². The second-order valence-electron chi connectivity index (χ2n) is 7.67. The molecule has 35 heavy (non-hydrogen) atoms. The Morgan fingerprint density at radius 3 is 1.83 bits per heavy atom. The Morgan fingerprint density at radius 1 is 0.743 bits per heavy atom. The van der Waals surface area contributed by atoms with Gasteiger partial charge in [-0.1, -0.05) is 60.3 Å². The van der Waals surface area contributed by atoms with Gasteiger partial charge in [0, 0.05) is 25.7 Å². The summed E-state index contributed by atoms with van der Waals surface area (Å²) in [6.07, 6.45) is -5.34. The van der Waals surface area contributed by atoms with Crippen molar-refractivity contribution >= 4 is 35.6 Å². The summed E-state index contributed by atoms with van der Waals surface area (Å²) >= 11 is 1.16. The van der Waals surface area contributed by atoms with Crippen LogP contribution in [0.4, 0.5) is 0 Å². The SMILES string of the molecule is CC(=O)O[C@@H]1[C@@H](OC(C)=O)[C@H](Sc2ccccc2)OC(C(=O)OCc2ccccc2)[C@H]1OC(C)=O. The lowest BCUT2D eigenvalue weighted by Gasteiger charge is -2.43. The van der Waals surface area contributed by atoms with Crippen molar-refractivity contribution in [1.82, 2.24) is 0 Å². The van der Waals surface area contributed by atoms with Crippen molar-refractivity contribution in [2.75, 3.05) is 0 Å². The third kappa shape index (κ3) is 7.56. The molecular weight excluding hydrogens is 476 g/mol. The van der Waals surface area contributed by atoms with Crippen LogP contribution in [-0.2, 0) is 49.5 Å². The molecule has 2 aromatic rings. The smallest absolute Gasteiger partial charge is 0.339 e. The normalized spacial score (nSPS) is 23.6. The molecule has 10 heteroatoms. The highest BCUT2D eigenvalue weighted by Gasteiger charge is 2.55. The molecule has 1 saturated heterocycles. The molecule has 1 aliphatic heterocycles. The van der Waals surface area contributed by atoms with Crippen LogP contribution in [0.3, 0.4) is 0 Å². The maximum Gasteiger partial charge on any atom is 0.339 e. The van der Waals surface area contributed by atoms with Gasteiger partial charge in [0.05, 0.1) is 0 Å². The van der Waals surface area contributed by atoms with Gasteiger partial charge in [-0.2, -0.15) is 0 Å². The highest BCUT2D eigenvalue weighted by atomic mass is 32.2. The Bertz CT molecular complexity index is 1030. The lowest BCUT2D eigenvalue weighted by Crippen LogP contribution is -2.62. The quantitative estimate of drug-likeness (QED) is 0.394. The predicted molar refractivity (Wildman–Crippen MR) is 124 cm³/mol. The van der Waals surface area contributed by atoms with Crippen LogP contribution in [0.2, 0.25) is 0 Å². The van der Waals surface area contributed by atoms with Crippen LogP contribution in [0.15, 0.2) is 65.6 Å². The summed E-state index contributed by atoms with van der Waals surface area (Å²) in [7, 11) is 0. The maximum atomic E-state index is 13.1. The molecular formula is C25H26O9S. The number of rotatable bonds is 8. The molecule has 186 valence electrons. The van der Waals surface area contributed by atoms with Gasteiger partial charge in [-0.3, -0.25) is 14.4 Å². The van der Waals surface area contributed by atoms with E-state index in [-0.39, 0.29) is 6.61 Å².